The summed E-state index contributed by atoms with van der Waals surface area (Å²) in [5, 5.41) is 0. The van der Waals surface area contributed by atoms with Crippen molar-refractivity contribution in [3.63, 3.8) is 0 Å². The molecule has 0 bridgehead atoms. The van der Waals surface area contributed by atoms with Crippen LogP contribution >= 0.6 is 0 Å². The van der Waals surface area contributed by atoms with E-state index in [-0.39, 0.29) is 0 Å². The second-order valence-electron chi connectivity index (χ2n) is 4.63. The predicted octanol–water partition coefficient (Wildman–Crippen LogP) is 3.83. The molecule has 1 heteroatoms. The summed E-state index contributed by atoms with van der Waals surface area (Å²) in [6.07, 6.45) is 11.5. The van der Waals surface area contributed by atoms with Gasteiger partial charge in [0.2, 0.25) is 0 Å². The third-order valence-electron chi connectivity index (χ3n) is 3.55. The van der Waals surface area contributed by atoms with Crippen molar-refractivity contribution in [3.8, 4) is 0 Å². The van der Waals surface area contributed by atoms with Crippen LogP contribution in [0.25, 0.3) is 0 Å². The normalized spacial score (nSPS) is 19.9. The van der Waals surface area contributed by atoms with Crippen LogP contribution in [0.3, 0.4) is 0 Å². The van der Waals surface area contributed by atoms with E-state index in [2.05, 4.69) is 18.7 Å². The van der Waals surface area contributed by atoms with Crippen LogP contribution in [0.2, 0.25) is 0 Å². The first-order chi connectivity index (χ1) is 6.88. The van der Waals surface area contributed by atoms with E-state index in [4.69, 9.17) is 0 Å². The van der Waals surface area contributed by atoms with Crippen molar-refractivity contribution in [2.45, 2.75) is 71.3 Å². The van der Waals surface area contributed by atoms with Gasteiger partial charge in [-0.25, -0.2) is 0 Å². The molecule has 1 fully saturated rings. The van der Waals surface area contributed by atoms with Gasteiger partial charge in [-0.1, -0.05) is 46.0 Å². The molecule has 0 aliphatic heterocycles. The van der Waals surface area contributed by atoms with Crippen LogP contribution in [0.1, 0.15) is 65.2 Å². The lowest BCUT2D eigenvalue weighted by Gasteiger charge is -2.29. The largest absolute Gasteiger partial charge is 0.301 e. The molecule has 0 aromatic carbocycles. The van der Waals surface area contributed by atoms with Crippen molar-refractivity contribution in [2.24, 2.45) is 0 Å². The summed E-state index contributed by atoms with van der Waals surface area (Å²) >= 11 is 0. The van der Waals surface area contributed by atoms with Gasteiger partial charge in [0.25, 0.3) is 0 Å². The molecular formula is C13H27N. The molecule has 1 saturated carbocycles. The Morgan fingerprint density at radius 2 is 1.64 bits per heavy atom. The van der Waals surface area contributed by atoms with Crippen molar-refractivity contribution >= 4 is 0 Å². The molecule has 0 N–H and O–H groups in total. The standard InChI is InChI=1S/C13H27N/c1-3-5-12-14(4-2)13-10-8-6-7-9-11-13/h13H,3-12H2,1-2H3. The molecule has 1 aliphatic rings. The lowest BCUT2D eigenvalue weighted by molar-refractivity contribution is 0.185. The summed E-state index contributed by atoms with van der Waals surface area (Å²) in [6.45, 7) is 7.20. The zero-order valence-electron chi connectivity index (χ0n) is 10.1. The second-order valence-corrected chi connectivity index (χ2v) is 4.63. The Labute approximate surface area is 89.9 Å². The third kappa shape index (κ3) is 4.00. The van der Waals surface area contributed by atoms with Crippen LogP contribution in [0.15, 0.2) is 0 Å². The molecule has 0 aromatic heterocycles. The van der Waals surface area contributed by atoms with E-state index < -0.39 is 0 Å². The first kappa shape index (κ1) is 12.0. The molecular weight excluding hydrogens is 170 g/mol. The fourth-order valence-electron chi connectivity index (χ4n) is 2.58. The van der Waals surface area contributed by atoms with Crippen LogP contribution in [-0.2, 0) is 0 Å². The molecule has 1 nitrogen and oxygen atoms in total. The van der Waals surface area contributed by atoms with Gasteiger partial charge >= 0.3 is 0 Å². The summed E-state index contributed by atoms with van der Waals surface area (Å²) in [7, 11) is 0. The average molecular weight is 197 g/mol. The van der Waals surface area contributed by atoms with Gasteiger partial charge in [0.05, 0.1) is 0 Å². The zero-order chi connectivity index (χ0) is 10.2. The van der Waals surface area contributed by atoms with E-state index >= 15 is 0 Å². The number of rotatable bonds is 5. The van der Waals surface area contributed by atoms with Gasteiger partial charge in [-0.15, -0.1) is 0 Å². The lowest BCUT2D eigenvalue weighted by Crippen LogP contribution is -2.35. The Bertz CT molecular complexity index is 125. The molecule has 0 saturated heterocycles. The van der Waals surface area contributed by atoms with E-state index in [0.717, 1.165) is 6.04 Å². The monoisotopic (exact) mass is 197 g/mol. The lowest BCUT2D eigenvalue weighted by atomic mass is 10.1. The fraction of sp³-hybridized carbons (Fsp3) is 1.00. The highest BCUT2D eigenvalue weighted by Crippen LogP contribution is 2.21. The number of unbranched alkanes of at least 4 members (excludes halogenated alkanes) is 1. The van der Waals surface area contributed by atoms with Crippen LogP contribution in [0.4, 0.5) is 0 Å². The predicted molar refractivity (Wildman–Crippen MR) is 63.6 cm³/mol. The third-order valence-corrected chi connectivity index (χ3v) is 3.55. The van der Waals surface area contributed by atoms with Crippen LogP contribution in [0.5, 0.6) is 0 Å². The molecule has 14 heavy (non-hydrogen) atoms. The average Bonchev–Trinajstić information content (AvgIpc) is 2.48. The Morgan fingerprint density at radius 3 is 2.14 bits per heavy atom. The smallest absolute Gasteiger partial charge is 0.00951 e. The van der Waals surface area contributed by atoms with Gasteiger partial charge in [0.1, 0.15) is 0 Å². The van der Waals surface area contributed by atoms with Gasteiger partial charge < -0.3 is 4.90 Å². The van der Waals surface area contributed by atoms with E-state index in [0.29, 0.717) is 0 Å². The van der Waals surface area contributed by atoms with Crippen molar-refractivity contribution < 1.29 is 0 Å². The molecule has 0 spiro atoms. The molecule has 0 radical (unpaired) electrons. The van der Waals surface area contributed by atoms with Gasteiger partial charge in [-0.05, 0) is 32.4 Å². The number of hydrogen-bond donors (Lipinski definition) is 0. The Morgan fingerprint density at radius 1 is 1.00 bits per heavy atom. The molecule has 0 unspecified atom stereocenters. The second kappa shape index (κ2) is 7.28. The Hall–Kier alpha value is -0.0400. The van der Waals surface area contributed by atoms with E-state index in [1.54, 1.807) is 0 Å². The maximum atomic E-state index is 2.72. The molecule has 1 rings (SSSR count). The molecule has 84 valence electrons. The molecule has 0 atom stereocenters. The first-order valence-electron chi connectivity index (χ1n) is 6.62. The summed E-state index contributed by atoms with van der Waals surface area (Å²) in [4.78, 5) is 2.72. The Kier molecular flexibility index (Phi) is 6.25. The SMILES string of the molecule is CCCCN(CC)C1CCCCCC1. The van der Waals surface area contributed by atoms with Crippen molar-refractivity contribution in [3.05, 3.63) is 0 Å². The van der Waals surface area contributed by atoms with E-state index in [1.807, 2.05) is 0 Å². The van der Waals surface area contributed by atoms with Crippen LogP contribution in [-0.4, -0.2) is 24.0 Å². The van der Waals surface area contributed by atoms with E-state index in [1.165, 1.54) is 64.5 Å². The minimum absolute atomic E-state index is 0.911. The Balaban J connectivity index is 2.32. The zero-order valence-corrected chi connectivity index (χ0v) is 10.1. The highest BCUT2D eigenvalue weighted by atomic mass is 15.1. The fourth-order valence-corrected chi connectivity index (χ4v) is 2.58. The molecule has 0 amide bonds. The summed E-state index contributed by atoms with van der Waals surface area (Å²) in [5.74, 6) is 0. The molecule has 0 heterocycles. The van der Waals surface area contributed by atoms with Crippen molar-refractivity contribution in [1.82, 2.24) is 4.90 Å². The molecule has 0 aromatic rings. The maximum absolute atomic E-state index is 2.72. The van der Waals surface area contributed by atoms with Crippen LogP contribution < -0.4 is 0 Å². The molecule has 1 aliphatic carbocycles. The first-order valence-corrected chi connectivity index (χ1v) is 6.62. The topological polar surface area (TPSA) is 3.24 Å². The van der Waals surface area contributed by atoms with Gasteiger partial charge in [-0.2, -0.15) is 0 Å². The van der Waals surface area contributed by atoms with Gasteiger partial charge in [-0.3, -0.25) is 0 Å². The van der Waals surface area contributed by atoms with Crippen molar-refractivity contribution in [2.75, 3.05) is 13.1 Å². The van der Waals surface area contributed by atoms with Gasteiger partial charge in [0.15, 0.2) is 0 Å². The number of nitrogens with zero attached hydrogens (tertiary/aromatic N) is 1. The quantitative estimate of drug-likeness (QED) is 0.605. The highest BCUT2D eigenvalue weighted by Gasteiger charge is 2.17. The van der Waals surface area contributed by atoms with Crippen LogP contribution in [0, 0.1) is 0 Å². The summed E-state index contributed by atoms with van der Waals surface area (Å²) in [5.41, 5.74) is 0. The summed E-state index contributed by atoms with van der Waals surface area (Å²) in [6, 6.07) is 0.911. The summed E-state index contributed by atoms with van der Waals surface area (Å²) < 4.78 is 0. The minimum Gasteiger partial charge on any atom is -0.301 e. The van der Waals surface area contributed by atoms with Crippen molar-refractivity contribution in [1.29, 1.82) is 0 Å². The minimum atomic E-state index is 0.911. The van der Waals surface area contributed by atoms with Gasteiger partial charge in [0, 0.05) is 6.04 Å². The van der Waals surface area contributed by atoms with E-state index in [9.17, 15) is 0 Å². The highest BCUT2D eigenvalue weighted by molar-refractivity contribution is 4.73. The maximum Gasteiger partial charge on any atom is 0.00951 e. The number of hydrogen-bond acceptors (Lipinski definition) is 1.